The average Bonchev–Trinajstić information content (AvgIpc) is 2.96. The van der Waals surface area contributed by atoms with Crippen LogP contribution in [0.15, 0.2) is 53.2 Å². The summed E-state index contributed by atoms with van der Waals surface area (Å²) in [5, 5.41) is 11.7. The number of pyridine rings is 1. The van der Waals surface area contributed by atoms with Crippen LogP contribution in [0.5, 0.6) is 0 Å². The standard InChI is InChI=1S/C14H11ClN4O/c15-12-3-1-11(2-4-12)13-18-19-14(20-13)17-9-10-5-7-16-8-6-10/h1-8H,9H2,(H,17,19)/p+1. The van der Waals surface area contributed by atoms with E-state index in [0.29, 0.717) is 23.5 Å². The predicted molar refractivity (Wildman–Crippen MR) is 75.1 cm³/mol. The summed E-state index contributed by atoms with van der Waals surface area (Å²) >= 11 is 5.84. The van der Waals surface area contributed by atoms with Gasteiger partial charge in [0.15, 0.2) is 12.4 Å². The zero-order valence-electron chi connectivity index (χ0n) is 10.5. The van der Waals surface area contributed by atoms with Crippen molar-refractivity contribution in [3.05, 3.63) is 59.4 Å². The number of aromatic nitrogens is 3. The number of rotatable bonds is 4. The Morgan fingerprint density at radius 1 is 1.05 bits per heavy atom. The number of nitrogens with zero attached hydrogens (tertiary/aromatic N) is 2. The Hall–Kier alpha value is -2.40. The molecule has 0 radical (unpaired) electrons. The van der Waals surface area contributed by atoms with Gasteiger partial charge in [0.2, 0.25) is 5.89 Å². The lowest BCUT2D eigenvalue weighted by Crippen LogP contribution is -2.03. The fourth-order valence-corrected chi connectivity index (χ4v) is 1.85. The molecule has 100 valence electrons. The van der Waals surface area contributed by atoms with Gasteiger partial charge in [0.05, 0.1) is 0 Å². The molecule has 0 amide bonds. The van der Waals surface area contributed by atoms with Gasteiger partial charge in [-0.25, -0.2) is 4.98 Å². The van der Waals surface area contributed by atoms with Gasteiger partial charge < -0.3 is 9.73 Å². The first kappa shape index (κ1) is 12.6. The molecular formula is C14H12ClN4O+. The molecule has 2 aromatic heterocycles. The van der Waals surface area contributed by atoms with E-state index in [9.17, 15) is 0 Å². The average molecular weight is 288 g/mol. The Morgan fingerprint density at radius 3 is 2.55 bits per heavy atom. The quantitative estimate of drug-likeness (QED) is 0.801. The highest BCUT2D eigenvalue weighted by Gasteiger charge is 2.08. The van der Waals surface area contributed by atoms with Crippen molar-refractivity contribution in [3.8, 4) is 11.5 Å². The maximum absolute atomic E-state index is 5.84. The third-order valence-electron chi connectivity index (χ3n) is 2.75. The minimum Gasteiger partial charge on any atom is -0.403 e. The molecule has 0 saturated heterocycles. The van der Waals surface area contributed by atoms with Gasteiger partial charge in [-0.2, -0.15) is 0 Å². The van der Waals surface area contributed by atoms with Gasteiger partial charge in [-0.05, 0) is 29.8 Å². The van der Waals surface area contributed by atoms with Crippen LogP contribution in [-0.4, -0.2) is 10.2 Å². The van der Waals surface area contributed by atoms with E-state index in [1.165, 1.54) is 0 Å². The SMILES string of the molecule is Clc1ccc(-c2nnc(NCc3cc[nH+]cc3)o2)cc1. The smallest absolute Gasteiger partial charge is 0.316 e. The van der Waals surface area contributed by atoms with Crippen LogP contribution < -0.4 is 10.3 Å². The normalized spacial score (nSPS) is 10.4. The van der Waals surface area contributed by atoms with Crippen molar-refractivity contribution in [2.45, 2.75) is 6.54 Å². The van der Waals surface area contributed by atoms with E-state index < -0.39 is 0 Å². The van der Waals surface area contributed by atoms with Crippen molar-refractivity contribution in [2.24, 2.45) is 0 Å². The van der Waals surface area contributed by atoms with Crippen LogP contribution in [0.3, 0.4) is 0 Å². The summed E-state index contributed by atoms with van der Waals surface area (Å²) in [6.07, 6.45) is 3.73. The molecule has 2 N–H and O–H groups in total. The van der Waals surface area contributed by atoms with Crippen LogP contribution in [-0.2, 0) is 6.54 Å². The van der Waals surface area contributed by atoms with Crippen molar-refractivity contribution in [1.29, 1.82) is 0 Å². The molecule has 0 fully saturated rings. The Bertz CT molecular complexity index is 682. The molecule has 0 saturated carbocycles. The highest BCUT2D eigenvalue weighted by atomic mass is 35.5. The molecule has 0 aliphatic carbocycles. The van der Waals surface area contributed by atoms with Crippen molar-refractivity contribution in [1.82, 2.24) is 10.2 Å². The molecule has 0 aliphatic heterocycles. The summed E-state index contributed by atoms with van der Waals surface area (Å²) in [5.74, 6) is 0.463. The second kappa shape index (κ2) is 5.71. The van der Waals surface area contributed by atoms with Gasteiger partial charge in [-0.15, -0.1) is 5.10 Å². The van der Waals surface area contributed by atoms with E-state index in [-0.39, 0.29) is 0 Å². The molecule has 1 aromatic carbocycles. The second-order valence-corrected chi connectivity index (χ2v) is 4.62. The molecule has 0 atom stereocenters. The summed E-state index contributed by atoms with van der Waals surface area (Å²) in [4.78, 5) is 2.97. The largest absolute Gasteiger partial charge is 0.403 e. The summed E-state index contributed by atoms with van der Waals surface area (Å²) in [7, 11) is 0. The fraction of sp³-hybridized carbons (Fsp3) is 0.0714. The summed E-state index contributed by atoms with van der Waals surface area (Å²) < 4.78 is 5.55. The van der Waals surface area contributed by atoms with E-state index in [1.807, 2.05) is 36.7 Å². The topological polar surface area (TPSA) is 65.1 Å². The molecule has 6 heteroatoms. The van der Waals surface area contributed by atoms with Crippen molar-refractivity contribution >= 4 is 17.6 Å². The monoisotopic (exact) mass is 287 g/mol. The van der Waals surface area contributed by atoms with Gasteiger partial charge in [0, 0.05) is 29.3 Å². The van der Waals surface area contributed by atoms with Crippen LogP contribution in [0.4, 0.5) is 6.01 Å². The van der Waals surface area contributed by atoms with Gasteiger partial charge in [0.25, 0.3) is 0 Å². The highest BCUT2D eigenvalue weighted by molar-refractivity contribution is 6.30. The first-order chi connectivity index (χ1) is 9.81. The number of hydrogen-bond donors (Lipinski definition) is 1. The molecule has 0 spiro atoms. The van der Waals surface area contributed by atoms with Crippen LogP contribution in [0.25, 0.3) is 11.5 Å². The second-order valence-electron chi connectivity index (χ2n) is 4.18. The molecule has 0 bridgehead atoms. The lowest BCUT2D eigenvalue weighted by molar-refractivity contribution is -0.378. The molecule has 3 aromatic rings. The minimum absolute atomic E-state index is 0.391. The Morgan fingerprint density at radius 2 is 1.80 bits per heavy atom. The van der Waals surface area contributed by atoms with Crippen LogP contribution in [0, 0.1) is 0 Å². The van der Waals surface area contributed by atoms with E-state index in [2.05, 4.69) is 20.5 Å². The van der Waals surface area contributed by atoms with E-state index in [4.69, 9.17) is 16.0 Å². The lowest BCUT2D eigenvalue weighted by Gasteiger charge is -1.99. The number of hydrogen-bond acceptors (Lipinski definition) is 4. The van der Waals surface area contributed by atoms with Crippen molar-refractivity contribution < 1.29 is 9.40 Å². The summed E-state index contributed by atoms with van der Waals surface area (Å²) in [5.41, 5.74) is 1.96. The third kappa shape index (κ3) is 2.95. The summed E-state index contributed by atoms with van der Waals surface area (Å²) in [6, 6.07) is 11.6. The van der Waals surface area contributed by atoms with E-state index >= 15 is 0 Å². The zero-order valence-corrected chi connectivity index (χ0v) is 11.3. The van der Waals surface area contributed by atoms with Gasteiger partial charge in [0.1, 0.15) is 0 Å². The number of aromatic amines is 1. The minimum atomic E-state index is 0.391. The van der Waals surface area contributed by atoms with Gasteiger partial charge >= 0.3 is 6.01 Å². The number of benzene rings is 1. The van der Waals surface area contributed by atoms with Gasteiger partial charge in [-0.1, -0.05) is 16.7 Å². The van der Waals surface area contributed by atoms with Crippen LogP contribution in [0.1, 0.15) is 5.56 Å². The van der Waals surface area contributed by atoms with Crippen molar-refractivity contribution in [2.75, 3.05) is 5.32 Å². The molecule has 0 aliphatic rings. The maximum atomic E-state index is 5.84. The highest BCUT2D eigenvalue weighted by Crippen LogP contribution is 2.21. The third-order valence-corrected chi connectivity index (χ3v) is 3.00. The molecule has 0 unspecified atom stereocenters. The molecular weight excluding hydrogens is 276 g/mol. The number of nitrogens with one attached hydrogen (secondary N) is 2. The van der Waals surface area contributed by atoms with Crippen LogP contribution >= 0.6 is 11.6 Å². The molecule has 20 heavy (non-hydrogen) atoms. The zero-order chi connectivity index (χ0) is 13.8. The lowest BCUT2D eigenvalue weighted by atomic mass is 10.2. The van der Waals surface area contributed by atoms with Crippen molar-refractivity contribution in [3.63, 3.8) is 0 Å². The number of anilines is 1. The fourth-order valence-electron chi connectivity index (χ4n) is 1.72. The number of H-pyrrole nitrogens is 1. The molecule has 3 rings (SSSR count). The molecule has 5 nitrogen and oxygen atoms in total. The van der Waals surface area contributed by atoms with Crippen LogP contribution in [0.2, 0.25) is 5.02 Å². The van der Waals surface area contributed by atoms with E-state index in [1.54, 1.807) is 12.1 Å². The van der Waals surface area contributed by atoms with E-state index in [0.717, 1.165) is 11.1 Å². The number of halogens is 1. The Kier molecular flexibility index (Phi) is 3.60. The first-order valence-electron chi connectivity index (χ1n) is 6.09. The molecule has 2 heterocycles. The predicted octanol–water partition coefficient (Wildman–Crippen LogP) is 2.82. The Balaban J connectivity index is 1.69. The maximum Gasteiger partial charge on any atom is 0.316 e. The Labute approximate surface area is 120 Å². The summed E-state index contributed by atoms with van der Waals surface area (Å²) in [6.45, 7) is 0.622. The van der Waals surface area contributed by atoms with Gasteiger partial charge in [-0.3, -0.25) is 0 Å². The first-order valence-corrected chi connectivity index (χ1v) is 6.47.